The van der Waals surface area contributed by atoms with E-state index < -0.39 is 0 Å². The summed E-state index contributed by atoms with van der Waals surface area (Å²) in [6, 6.07) is 11.0. The minimum absolute atomic E-state index is 0. The lowest BCUT2D eigenvalue weighted by Gasteiger charge is -2.37. The molecular formula is C37H63N3O2. The number of benzene rings is 1. The molecule has 3 aliphatic rings. The fourth-order valence-electron chi connectivity index (χ4n) is 5.10. The molecule has 1 aromatic rings. The Balaban J connectivity index is 0. The van der Waals surface area contributed by atoms with Gasteiger partial charge in [-0.3, -0.25) is 4.99 Å². The van der Waals surface area contributed by atoms with Crippen LogP contribution in [0, 0.1) is 11.8 Å². The molecule has 0 radical (unpaired) electrons. The van der Waals surface area contributed by atoms with Gasteiger partial charge in [0, 0.05) is 36.7 Å². The minimum Gasteiger partial charge on any atom is -0.376 e. The Bertz CT molecular complexity index is 1000. The molecule has 2 aliphatic carbocycles. The molecule has 1 fully saturated rings. The van der Waals surface area contributed by atoms with Crippen LogP contribution >= 0.6 is 0 Å². The van der Waals surface area contributed by atoms with Crippen molar-refractivity contribution in [3.05, 3.63) is 83.7 Å². The standard InChI is InChI=1S/C27H32N2O2.C3H9N.3C2H6.CH4/c1-20-17-29(21(2)27(16-25(20)27)24-12-8-5-9-13-24)26(28-3)23(14-15-30)19-31-18-22-10-6-4-7-11-22;1-3(2)4;3*1-2;/h4-6,8-10,12-13,15,17,23,25H,2,7,11,14,16,18-19H2,1,3H3;3H,4H2,1-2H3;3*1-2H3;1H4/t23-,25?,27?;;;;;/m1...../s1. The van der Waals surface area contributed by atoms with E-state index in [0.29, 0.717) is 31.6 Å². The molecule has 0 spiro atoms. The zero-order chi connectivity index (χ0) is 31.4. The van der Waals surface area contributed by atoms with Crippen molar-refractivity contribution in [2.45, 2.75) is 107 Å². The maximum atomic E-state index is 11.5. The van der Waals surface area contributed by atoms with E-state index >= 15 is 0 Å². The van der Waals surface area contributed by atoms with E-state index in [9.17, 15) is 4.79 Å². The molecule has 42 heavy (non-hydrogen) atoms. The molecule has 5 heteroatoms. The first-order valence-corrected chi connectivity index (χ1v) is 15.7. The van der Waals surface area contributed by atoms with Gasteiger partial charge in [-0.1, -0.05) is 124 Å². The number of aldehydes is 1. The van der Waals surface area contributed by atoms with Gasteiger partial charge in [0.05, 0.1) is 13.2 Å². The smallest absolute Gasteiger partial charge is 0.120 e. The minimum atomic E-state index is -0.105. The molecule has 0 saturated heterocycles. The molecule has 3 atom stereocenters. The number of fused-ring (bicyclic) bond motifs is 1. The van der Waals surface area contributed by atoms with Gasteiger partial charge in [0.15, 0.2) is 0 Å². The summed E-state index contributed by atoms with van der Waals surface area (Å²) in [4.78, 5) is 18.3. The molecule has 0 aromatic heterocycles. The van der Waals surface area contributed by atoms with Crippen molar-refractivity contribution < 1.29 is 9.53 Å². The predicted molar refractivity (Wildman–Crippen MR) is 186 cm³/mol. The third-order valence-corrected chi connectivity index (χ3v) is 6.87. The highest BCUT2D eigenvalue weighted by Gasteiger charge is 2.61. The summed E-state index contributed by atoms with van der Waals surface area (Å²) in [5.41, 5.74) is 10.0. The molecule has 0 amide bonds. The maximum Gasteiger partial charge on any atom is 0.120 e. The number of nitrogens with zero attached hydrogens (tertiary/aromatic N) is 2. The zero-order valence-corrected chi connectivity index (χ0v) is 27.7. The van der Waals surface area contributed by atoms with Crippen LogP contribution < -0.4 is 5.73 Å². The first kappa shape index (κ1) is 41.4. The highest BCUT2D eigenvalue weighted by Crippen LogP contribution is 2.64. The predicted octanol–water partition coefficient (Wildman–Crippen LogP) is 9.27. The Labute approximate surface area is 259 Å². The highest BCUT2D eigenvalue weighted by atomic mass is 16.5. The molecule has 1 heterocycles. The Morgan fingerprint density at radius 1 is 1.17 bits per heavy atom. The van der Waals surface area contributed by atoms with Crippen molar-refractivity contribution in [1.29, 1.82) is 0 Å². The van der Waals surface area contributed by atoms with Gasteiger partial charge in [0.1, 0.15) is 12.1 Å². The topological polar surface area (TPSA) is 67.9 Å². The van der Waals surface area contributed by atoms with Crippen molar-refractivity contribution >= 4 is 12.1 Å². The van der Waals surface area contributed by atoms with E-state index in [2.05, 4.69) is 78.2 Å². The Morgan fingerprint density at radius 3 is 2.26 bits per heavy atom. The van der Waals surface area contributed by atoms with Crippen LogP contribution in [0.5, 0.6) is 0 Å². The van der Waals surface area contributed by atoms with Crippen LogP contribution in [-0.4, -0.2) is 43.3 Å². The van der Waals surface area contributed by atoms with Crippen LogP contribution in [0.4, 0.5) is 0 Å². The van der Waals surface area contributed by atoms with Gasteiger partial charge in [0.2, 0.25) is 0 Å². The van der Waals surface area contributed by atoms with Gasteiger partial charge in [0.25, 0.3) is 0 Å². The van der Waals surface area contributed by atoms with Crippen LogP contribution in [0.3, 0.4) is 0 Å². The average Bonchev–Trinajstić information content (AvgIpc) is 3.78. The van der Waals surface area contributed by atoms with E-state index in [1.54, 1.807) is 7.05 Å². The quantitative estimate of drug-likeness (QED) is 0.189. The summed E-state index contributed by atoms with van der Waals surface area (Å²) in [6.07, 6.45) is 13.1. The lowest BCUT2D eigenvalue weighted by molar-refractivity contribution is -0.108. The average molecular weight is 582 g/mol. The molecule has 238 valence electrons. The van der Waals surface area contributed by atoms with Crippen molar-refractivity contribution in [1.82, 2.24) is 4.90 Å². The summed E-state index contributed by atoms with van der Waals surface area (Å²) in [5, 5.41) is 0. The molecular weight excluding hydrogens is 518 g/mol. The first-order valence-electron chi connectivity index (χ1n) is 15.7. The normalized spacial score (nSPS) is 20.6. The zero-order valence-electron chi connectivity index (χ0n) is 27.7. The molecule has 2 unspecified atom stereocenters. The van der Waals surface area contributed by atoms with Crippen LogP contribution in [0.25, 0.3) is 0 Å². The van der Waals surface area contributed by atoms with Crippen molar-refractivity contribution in [3.8, 4) is 0 Å². The van der Waals surface area contributed by atoms with Crippen molar-refractivity contribution in [2.75, 3.05) is 20.3 Å². The van der Waals surface area contributed by atoms with E-state index in [-0.39, 0.29) is 18.8 Å². The Hall–Kier alpha value is -2.76. The Morgan fingerprint density at radius 2 is 1.76 bits per heavy atom. The summed E-state index contributed by atoms with van der Waals surface area (Å²) < 4.78 is 6.05. The second-order valence-corrected chi connectivity index (χ2v) is 10.0. The lowest BCUT2D eigenvalue weighted by Crippen LogP contribution is -2.40. The van der Waals surface area contributed by atoms with E-state index in [1.807, 2.05) is 55.4 Å². The summed E-state index contributed by atoms with van der Waals surface area (Å²) >= 11 is 0. The highest BCUT2D eigenvalue weighted by molar-refractivity contribution is 5.90. The molecule has 1 saturated carbocycles. The van der Waals surface area contributed by atoms with Crippen LogP contribution in [0.2, 0.25) is 0 Å². The van der Waals surface area contributed by atoms with Gasteiger partial charge in [-0.2, -0.15) is 0 Å². The number of rotatable bonds is 8. The number of allylic oxidation sites excluding steroid dienone is 5. The van der Waals surface area contributed by atoms with Crippen LogP contribution in [0.1, 0.15) is 101 Å². The number of aliphatic imine (C=N–C) groups is 1. The van der Waals surface area contributed by atoms with Crippen LogP contribution in [-0.2, 0) is 14.9 Å². The molecule has 4 rings (SSSR count). The van der Waals surface area contributed by atoms with E-state index in [0.717, 1.165) is 37.1 Å². The van der Waals surface area contributed by atoms with Crippen molar-refractivity contribution in [2.24, 2.45) is 22.6 Å². The fourth-order valence-corrected chi connectivity index (χ4v) is 5.10. The SMILES string of the molecule is C.C=C1N(C(=NC)[C@H](CC=O)COCC2=CC=CCC2)C=C(C)C2CC12c1ccccc1.CC.CC.CC.CC(C)N. The number of amidine groups is 1. The first-order chi connectivity index (χ1) is 19.8. The largest absolute Gasteiger partial charge is 0.376 e. The molecule has 1 aromatic carbocycles. The molecule has 5 nitrogen and oxygen atoms in total. The number of nitrogens with two attached hydrogens (primary N) is 1. The van der Waals surface area contributed by atoms with E-state index in [1.165, 1.54) is 16.7 Å². The van der Waals surface area contributed by atoms with Crippen LogP contribution in [0.15, 0.2) is 83.2 Å². The number of ether oxygens (including phenoxy) is 1. The number of hydrogen-bond acceptors (Lipinski definition) is 4. The second-order valence-electron chi connectivity index (χ2n) is 10.0. The summed E-state index contributed by atoms with van der Waals surface area (Å²) in [5.74, 6) is 1.24. The van der Waals surface area contributed by atoms with Gasteiger partial charge in [-0.15, -0.1) is 0 Å². The van der Waals surface area contributed by atoms with Gasteiger partial charge in [-0.25, -0.2) is 0 Å². The third kappa shape index (κ3) is 11.5. The number of carbonyl (C=O) groups excluding carboxylic acids is 1. The molecule has 2 N–H and O–H groups in total. The van der Waals surface area contributed by atoms with E-state index in [4.69, 9.17) is 10.5 Å². The van der Waals surface area contributed by atoms with Gasteiger partial charge < -0.3 is 20.2 Å². The van der Waals surface area contributed by atoms with Gasteiger partial charge >= 0.3 is 0 Å². The van der Waals surface area contributed by atoms with Gasteiger partial charge in [-0.05, 0) is 49.3 Å². The molecule has 0 bridgehead atoms. The maximum absolute atomic E-state index is 11.5. The second kappa shape index (κ2) is 22.8. The summed E-state index contributed by atoms with van der Waals surface area (Å²) in [7, 11) is 1.80. The summed E-state index contributed by atoms with van der Waals surface area (Å²) in [6.45, 7) is 23.7. The monoisotopic (exact) mass is 581 g/mol. The Kier molecular flexibility index (Phi) is 22.5. The number of carbonyl (C=O) groups is 1. The fraction of sp³-hybridized carbons (Fsp3) is 0.568. The van der Waals surface area contributed by atoms with Crippen molar-refractivity contribution in [3.63, 3.8) is 0 Å². The lowest BCUT2D eigenvalue weighted by atomic mass is 9.85. The molecule has 1 aliphatic heterocycles. The third-order valence-electron chi connectivity index (χ3n) is 6.87. The number of hydrogen-bond donors (Lipinski definition) is 1.